The molecule has 0 saturated heterocycles. The number of nitrogens with one attached hydrogen (secondary N) is 4. The van der Waals surface area contributed by atoms with Crippen molar-refractivity contribution < 1.29 is 8.42 Å². The van der Waals surface area contributed by atoms with Crippen LogP contribution in [-0.2, 0) is 10.0 Å². The zero-order chi connectivity index (χ0) is 18.1. The Kier molecular flexibility index (Phi) is 4.44. The number of rotatable bonds is 5. The minimum absolute atomic E-state index is 0.0969. The van der Waals surface area contributed by atoms with Crippen molar-refractivity contribution in [3.8, 4) is 6.07 Å². The van der Waals surface area contributed by atoms with Gasteiger partial charge in [0.2, 0.25) is 10.0 Å². The van der Waals surface area contributed by atoms with Crippen LogP contribution in [0.1, 0.15) is 31.2 Å². The van der Waals surface area contributed by atoms with Gasteiger partial charge in [0.1, 0.15) is 12.2 Å². The number of sulfonamides is 1. The Bertz CT molecular complexity index is 888. The van der Waals surface area contributed by atoms with E-state index in [1.54, 1.807) is 6.34 Å². The molecule has 0 atom stereocenters. The number of nitrogens with zero attached hydrogens (tertiary/aromatic N) is 3. The Morgan fingerprint density at radius 1 is 1.35 bits per heavy atom. The number of H-pyrrole nitrogens is 1. The molecule has 0 radical (unpaired) electrons. The normalized spacial score (nSPS) is 24.8. The van der Waals surface area contributed by atoms with E-state index in [-0.39, 0.29) is 18.2 Å². The van der Waals surface area contributed by atoms with Gasteiger partial charge in [-0.05, 0) is 37.7 Å². The second kappa shape index (κ2) is 6.75. The van der Waals surface area contributed by atoms with Crippen LogP contribution in [0, 0.1) is 23.2 Å². The summed E-state index contributed by atoms with van der Waals surface area (Å²) in [4.78, 5) is 7.50. The van der Waals surface area contributed by atoms with Gasteiger partial charge in [-0.25, -0.2) is 23.1 Å². The second-order valence-corrected chi connectivity index (χ2v) is 8.68. The molecule has 10 heteroatoms. The molecule has 2 aliphatic heterocycles. The molecule has 4 N–H and O–H groups in total. The lowest BCUT2D eigenvalue weighted by molar-refractivity contribution is 0.307. The Balaban J connectivity index is 1.44. The number of hydrogen-bond donors (Lipinski definition) is 4. The van der Waals surface area contributed by atoms with Crippen molar-refractivity contribution in [2.75, 3.05) is 12.3 Å². The second-order valence-electron chi connectivity index (χ2n) is 6.83. The van der Waals surface area contributed by atoms with Crippen molar-refractivity contribution >= 4 is 27.9 Å². The highest BCUT2D eigenvalue weighted by molar-refractivity contribution is 7.89. The maximum atomic E-state index is 12.0. The smallest absolute Gasteiger partial charge is 0.212 e. The van der Waals surface area contributed by atoms with Gasteiger partial charge in [0.15, 0.2) is 0 Å². The molecule has 1 aromatic rings. The van der Waals surface area contributed by atoms with Crippen LogP contribution in [0.25, 0.3) is 5.70 Å². The molecule has 0 amide bonds. The summed E-state index contributed by atoms with van der Waals surface area (Å²) in [5.41, 5.74) is 9.68. The molecule has 1 saturated carbocycles. The van der Waals surface area contributed by atoms with Gasteiger partial charge in [-0.1, -0.05) is 0 Å². The highest BCUT2D eigenvalue weighted by Crippen LogP contribution is 2.40. The van der Waals surface area contributed by atoms with Crippen LogP contribution in [0.5, 0.6) is 0 Å². The van der Waals surface area contributed by atoms with Crippen LogP contribution in [0.15, 0.2) is 23.0 Å². The summed E-state index contributed by atoms with van der Waals surface area (Å²) in [6.07, 6.45) is 7.18. The Hall–Kier alpha value is -2.35. The van der Waals surface area contributed by atoms with Crippen LogP contribution >= 0.6 is 0 Å². The van der Waals surface area contributed by atoms with Crippen molar-refractivity contribution in [2.24, 2.45) is 16.8 Å². The van der Waals surface area contributed by atoms with Gasteiger partial charge in [-0.15, -0.1) is 5.53 Å². The minimum atomic E-state index is -3.37. The van der Waals surface area contributed by atoms with E-state index < -0.39 is 10.0 Å². The Labute approximate surface area is 152 Å². The molecule has 9 nitrogen and oxygen atoms in total. The van der Waals surface area contributed by atoms with E-state index in [1.807, 2.05) is 23.3 Å². The van der Waals surface area contributed by atoms with Crippen LogP contribution < -0.4 is 15.7 Å². The number of aliphatic imine (C=N–C) groups is 1. The van der Waals surface area contributed by atoms with Gasteiger partial charge in [0, 0.05) is 17.7 Å². The molecule has 138 valence electrons. The number of allylic oxidation sites excluding steroid dienone is 1. The van der Waals surface area contributed by atoms with E-state index in [0.717, 1.165) is 48.5 Å². The lowest BCUT2D eigenvalue weighted by atomic mass is 9.80. The number of aromatic amines is 1. The Morgan fingerprint density at radius 3 is 2.92 bits per heavy atom. The van der Waals surface area contributed by atoms with Crippen molar-refractivity contribution in [3.63, 3.8) is 0 Å². The SMILES string of the molecule is N#CCNS(=O)(=O)CC1CCC(C2=C3c4cc[nH]c4N=CN3NN2)CC1. The number of hydrogen-bond acceptors (Lipinski definition) is 7. The van der Waals surface area contributed by atoms with Crippen LogP contribution in [0.3, 0.4) is 0 Å². The van der Waals surface area contributed by atoms with Crippen molar-refractivity contribution in [1.82, 2.24) is 25.7 Å². The lowest BCUT2D eigenvalue weighted by Gasteiger charge is -2.29. The third-order valence-electron chi connectivity index (χ3n) is 5.17. The number of hydrazine groups is 2. The quantitative estimate of drug-likeness (QED) is 0.567. The van der Waals surface area contributed by atoms with Crippen LogP contribution in [0.2, 0.25) is 0 Å². The van der Waals surface area contributed by atoms with Gasteiger partial charge in [0.25, 0.3) is 0 Å². The molecular formula is C16H21N7O2S. The van der Waals surface area contributed by atoms with Gasteiger partial charge < -0.3 is 10.4 Å². The standard InChI is InChI=1S/C16H21N7O2S/c17-6-8-20-26(24,25)9-11-1-3-12(4-2-11)14-15-13-5-7-18-16(13)19-10-23(15)22-21-14/h5,7,10-12,18,20-22H,1-4,8-9H2. The highest BCUT2D eigenvalue weighted by Gasteiger charge is 2.34. The van der Waals surface area contributed by atoms with Gasteiger partial charge >= 0.3 is 0 Å². The van der Waals surface area contributed by atoms with E-state index in [9.17, 15) is 8.42 Å². The van der Waals surface area contributed by atoms with Crippen molar-refractivity contribution in [2.45, 2.75) is 25.7 Å². The third-order valence-corrected chi connectivity index (χ3v) is 6.67. The van der Waals surface area contributed by atoms with Crippen LogP contribution in [0.4, 0.5) is 5.82 Å². The minimum Gasteiger partial charge on any atom is -0.346 e. The molecule has 26 heavy (non-hydrogen) atoms. The monoisotopic (exact) mass is 375 g/mol. The average Bonchev–Trinajstić information content (AvgIpc) is 3.26. The summed E-state index contributed by atoms with van der Waals surface area (Å²) in [5.74, 6) is 1.43. The van der Waals surface area contributed by atoms with E-state index >= 15 is 0 Å². The third kappa shape index (κ3) is 3.21. The van der Waals surface area contributed by atoms with E-state index in [0.29, 0.717) is 5.92 Å². The number of nitriles is 1. The first-order chi connectivity index (χ1) is 12.6. The van der Waals surface area contributed by atoms with Crippen LogP contribution in [-0.4, -0.2) is 37.0 Å². The van der Waals surface area contributed by atoms with Crippen molar-refractivity contribution in [3.05, 3.63) is 23.5 Å². The molecular weight excluding hydrogens is 354 g/mol. The largest absolute Gasteiger partial charge is 0.346 e. The molecule has 0 spiro atoms. The first-order valence-electron chi connectivity index (χ1n) is 8.68. The first-order valence-corrected chi connectivity index (χ1v) is 10.3. The Morgan fingerprint density at radius 2 is 2.15 bits per heavy atom. The van der Waals surface area contributed by atoms with E-state index in [4.69, 9.17) is 5.26 Å². The summed E-state index contributed by atoms with van der Waals surface area (Å²) >= 11 is 0. The predicted octanol–water partition coefficient (Wildman–Crippen LogP) is 0.931. The zero-order valence-electron chi connectivity index (χ0n) is 14.2. The number of fused-ring (bicyclic) bond motifs is 3. The lowest BCUT2D eigenvalue weighted by Crippen LogP contribution is -2.38. The zero-order valence-corrected chi connectivity index (χ0v) is 15.0. The van der Waals surface area contributed by atoms with Gasteiger partial charge in [0.05, 0.1) is 29.8 Å². The molecule has 1 fully saturated rings. The molecule has 4 rings (SSSR count). The summed E-state index contributed by atoms with van der Waals surface area (Å²) in [7, 11) is -3.37. The molecule has 0 aromatic carbocycles. The molecule has 1 aliphatic carbocycles. The maximum Gasteiger partial charge on any atom is 0.212 e. The van der Waals surface area contributed by atoms with Gasteiger partial charge in [-0.3, -0.25) is 0 Å². The summed E-state index contributed by atoms with van der Waals surface area (Å²) < 4.78 is 26.3. The number of aromatic nitrogens is 1. The fourth-order valence-electron chi connectivity index (χ4n) is 3.93. The fraction of sp³-hybridized carbons (Fsp3) is 0.500. The highest BCUT2D eigenvalue weighted by atomic mass is 32.2. The fourth-order valence-corrected chi connectivity index (χ4v) is 5.28. The topological polar surface area (TPSA) is 125 Å². The predicted molar refractivity (Wildman–Crippen MR) is 96.8 cm³/mol. The molecule has 0 unspecified atom stereocenters. The van der Waals surface area contributed by atoms with Crippen molar-refractivity contribution in [1.29, 1.82) is 5.26 Å². The van der Waals surface area contributed by atoms with E-state index in [2.05, 4.69) is 25.7 Å². The van der Waals surface area contributed by atoms with E-state index in [1.165, 1.54) is 0 Å². The summed E-state index contributed by atoms with van der Waals surface area (Å²) in [6, 6.07) is 3.82. The first kappa shape index (κ1) is 17.1. The summed E-state index contributed by atoms with van der Waals surface area (Å²) in [6.45, 7) is -0.167. The average molecular weight is 375 g/mol. The maximum absolute atomic E-state index is 12.0. The molecule has 3 heterocycles. The van der Waals surface area contributed by atoms with Gasteiger partial charge in [-0.2, -0.15) is 5.26 Å². The molecule has 3 aliphatic rings. The molecule has 0 bridgehead atoms. The molecule has 1 aromatic heterocycles. The summed E-state index contributed by atoms with van der Waals surface area (Å²) in [5, 5.41) is 10.4.